The Balaban J connectivity index is 1.68. The van der Waals surface area contributed by atoms with E-state index >= 15 is 0 Å². The molecule has 0 aliphatic carbocycles. The first kappa shape index (κ1) is 12.7. The van der Waals surface area contributed by atoms with Crippen LogP contribution in [0.4, 0.5) is 0 Å². The summed E-state index contributed by atoms with van der Waals surface area (Å²) in [7, 11) is 0. The summed E-state index contributed by atoms with van der Waals surface area (Å²) in [5, 5.41) is 17.7. The van der Waals surface area contributed by atoms with Crippen LogP contribution in [0.25, 0.3) is 5.82 Å². The minimum absolute atomic E-state index is 0.00729. The third kappa shape index (κ3) is 1.82. The van der Waals surface area contributed by atoms with Gasteiger partial charge in [-0.2, -0.15) is 9.78 Å². The number of nitrogens with zero attached hydrogens (tertiary/aromatic N) is 7. The highest BCUT2D eigenvalue weighted by atomic mass is 16.2. The molecule has 0 spiro atoms. The quantitative estimate of drug-likeness (QED) is 0.738. The zero-order chi connectivity index (χ0) is 15.1. The Morgan fingerprint density at radius 2 is 2.32 bits per heavy atom. The maximum Gasteiger partial charge on any atom is 0.259 e. The second kappa shape index (κ2) is 4.79. The molecule has 0 unspecified atom stereocenters. The molecule has 0 fully saturated rings. The largest absolute Gasteiger partial charge is 0.348 e. The lowest BCUT2D eigenvalue weighted by molar-refractivity contribution is 0.0644. The van der Waals surface area contributed by atoms with Crippen molar-refractivity contribution in [2.24, 2.45) is 0 Å². The van der Waals surface area contributed by atoms with E-state index in [0.717, 1.165) is 12.2 Å². The van der Waals surface area contributed by atoms with Gasteiger partial charge in [0.25, 0.3) is 5.91 Å². The number of hydrogen-bond acceptors (Lipinski definition) is 5. The van der Waals surface area contributed by atoms with Crippen LogP contribution < -0.4 is 0 Å². The number of H-pyrrole nitrogens is 1. The first-order chi connectivity index (χ1) is 10.8. The standard InChI is InChI=1S/C13H14N8O/c1-9-11-3-2-4-19(11)5-6-20(9)13(22)10-7-14-16-12(10)21-8-15-17-18-21/h2-4,7-9H,5-6H2,1H3,(H,14,16)/t9-/m0/s1. The number of hydrogen-bond donors (Lipinski definition) is 1. The van der Waals surface area contributed by atoms with E-state index in [4.69, 9.17) is 0 Å². The zero-order valence-corrected chi connectivity index (χ0v) is 11.9. The second-order valence-corrected chi connectivity index (χ2v) is 5.19. The van der Waals surface area contributed by atoms with E-state index < -0.39 is 0 Å². The van der Waals surface area contributed by atoms with Gasteiger partial charge in [0.15, 0.2) is 5.82 Å². The van der Waals surface area contributed by atoms with E-state index in [1.54, 1.807) is 0 Å². The van der Waals surface area contributed by atoms with Gasteiger partial charge in [-0.3, -0.25) is 9.89 Å². The fourth-order valence-electron chi connectivity index (χ4n) is 2.89. The van der Waals surface area contributed by atoms with Crippen molar-refractivity contribution in [2.75, 3.05) is 6.54 Å². The van der Waals surface area contributed by atoms with E-state index in [9.17, 15) is 4.79 Å². The molecule has 1 aliphatic rings. The van der Waals surface area contributed by atoms with Crippen LogP contribution in [0.3, 0.4) is 0 Å². The number of aromatic amines is 1. The monoisotopic (exact) mass is 298 g/mol. The molecule has 1 atom stereocenters. The molecule has 4 rings (SSSR count). The number of carbonyl (C=O) groups excluding carboxylic acids is 1. The van der Waals surface area contributed by atoms with Gasteiger partial charge in [0.2, 0.25) is 0 Å². The summed E-state index contributed by atoms with van der Waals surface area (Å²) in [6.07, 6.45) is 4.98. The van der Waals surface area contributed by atoms with Crippen molar-refractivity contribution in [3.63, 3.8) is 0 Å². The Bertz CT molecular complexity index is 802. The van der Waals surface area contributed by atoms with E-state index in [-0.39, 0.29) is 11.9 Å². The first-order valence-electron chi connectivity index (χ1n) is 6.98. The summed E-state index contributed by atoms with van der Waals surface area (Å²) in [5.74, 6) is 0.391. The van der Waals surface area contributed by atoms with Gasteiger partial charge >= 0.3 is 0 Å². The van der Waals surface area contributed by atoms with Crippen molar-refractivity contribution < 1.29 is 4.79 Å². The van der Waals surface area contributed by atoms with Crippen molar-refractivity contribution in [3.05, 3.63) is 42.1 Å². The Hall–Kier alpha value is -2.97. The minimum Gasteiger partial charge on any atom is -0.348 e. The van der Waals surface area contributed by atoms with E-state index in [0.29, 0.717) is 17.9 Å². The van der Waals surface area contributed by atoms with E-state index in [2.05, 4.69) is 30.3 Å². The molecule has 0 aromatic carbocycles. The van der Waals surface area contributed by atoms with Crippen molar-refractivity contribution in [3.8, 4) is 5.82 Å². The van der Waals surface area contributed by atoms with E-state index in [1.807, 2.05) is 30.2 Å². The molecule has 1 N–H and O–H groups in total. The molecule has 1 aliphatic heterocycles. The molecule has 0 radical (unpaired) electrons. The van der Waals surface area contributed by atoms with Crippen molar-refractivity contribution >= 4 is 5.91 Å². The fourth-order valence-corrected chi connectivity index (χ4v) is 2.89. The molecule has 0 bridgehead atoms. The Kier molecular flexibility index (Phi) is 2.78. The lowest BCUT2D eigenvalue weighted by Gasteiger charge is -2.34. The first-order valence-corrected chi connectivity index (χ1v) is 6.98. The number of rotatable bonds is 2. The van der Waals surface area contributed by atoms with Gasteiger partial charge in [-0.15, -0.1) is 5.10 Å². The minimum atomic E-state index is -0.0841. The molecule has 9 nitrogen and oxygen atoms in total. The normalized spacial score (nSPS) is 17.5. The highest BCUT2D eigenvalue weighted by molar-refractivity contribution is 5.97. The fraction of sp³-hybridized carbons (Fsp3) is 0.308. The number of carbonyl (C=O) groups is 1. The Morgan fingerprint density at radius 3 is 3.14 bits per heavy atom. The molecule has 9 heteroatoms. The summed E-state index contributed by atoms with van der Waals surface area (Å²) in [4.78, 5) is 14.7. The number of fused-ring (bicyclic) bond motifs is 1. The van der Waals surface area contributed by atoms with Crippen LogP contribution in [0.5, 0.6) is 0 Å². The van der Waals surface area contributed by atoms with Crippen molar-refractivity contribution in [1.29, 1.82) is 0 Å². The van der Waals surface area contributed by atoms with Gasteiger partial charge in [0.05, 0.1) is 12.2 Å². The number of tetrazole rings is 1. The van der Waals surface area contributed by atoms with Gasteiger partial charge in [0, 0.05) is 25.0 Å². The number of nitrogens with one attached hydrogen (secondary N) is 1. The molecule has 1 amide bonds. The summed E-state index contributed by atoms with van der Waals surface area (Å²) in [6, 6.07) is 4.05. The summed E-state index contributed by atoms with van der Waals surface area (Å²) < 4.78 is 3.57. The van der Waals surface area contributed by atoms with Crippen LogP contribution in [-0.2, 0) is 6.54 Å². The highest BCUT2D eigenvalue weighted by Crippen LogP contribution is 2.27. The predicted octanol–water partition coefficient (Wildman–Crippen LogP) is 0.404. The maximum absolute atomic E-state index is 12.9. The average molecular weight is 298 g/mol. The van der Waals surface area contributed by atoms with Gasteiger partial charge in [-0.1, -0.05) is 0 Å². The number of aromatic nitrogens is 7. The average Bonchev–Trinajstić information content (AvgIpc) is 3.26. The number of amides is 1. The van der Waals surface area contributed by atoms with Crippen LogP contribution in [0.1, 0.15) is 29.0 Å². The summed E-state index contributed by atoms with van der Waals surface area (Å²) in [6.45, 7) is 3.47. The molecule has 22 heavy (non-hydrogen) atoms. The van der Waals surface area contributed by atoms with Gasteiger partial charge in [-0.25, -0.2) is 0 Å². The molecule has 112 valence electrons. The second-order valence-electron chi connectivity index (χ2n) is 5.19. The molecule has 3 aromatic rings. The van der Waals surface area contributed by atoms with Crippen LogP contribution in [-0.4, -0.2) is 52.3 Å². The van der Waals surface area contributed by atoms with Crippen LogP contribution >= 0.6 is 0 Å². The van der Waals surface area contributed by atoms with Gasteiger partial charge in [0.1, 0.15) is 11.9 Å². The zero-order valence-electron chi connectivity index (χ0n) is 11.9. The van der Waals surface area contributed by atoms with Crippen LogP contribution in [0, 0.1) is 0 Å². The predicted molar refractivity (Wildman–Crippen MR) is 75.2 cm³/mol. The Labute approximate surface area is 125 Å². The van der Waals surface area contributed by atoms with Crippen LogP contribution in [0.15, 0.2) is 30.9 Å². The lowest BCUT2D eigenvalue weighted by Crippen LogP contribution is -2.40. The molecular weight excluding hydrogens is 284 g/mol. The topological polar surface area (TPSA) is 97.5 Å². The molecule has 4 heterocycles. The van der Waals surface area contributed by atoms with Crippen LogP contribution in [0.2, 0.25) is 0 Å². The Morgan fingerprint density at radius 1 is 1.41 bits per heavy atom. The third-order valence-electron chi connectivity index (χ3n) is 4.03. The van der Waals surface area contributed by atoms with Crippen molar-refractivity contribution in [1.82, 2.24) is 39.9 Å². The van der Waals surface area contributed by atoms with Gasteiger partial charge in [-0.05, 0) is 29.5 Å². The van der Waals surface area contributed by atoms with Gasteiger partial charge < -0.3 is 9.47 Å². The lowest BCUT2D eigenvalue weighted by atomic mass is 10.1. The highest BCUT2D eigenvalue weighted by Gasteiger charge is 2.30. The summed E-state index contributed by atoms with van der Waals surface area (Å²) in [5.41, 5.74) is 1.59. The third-order valence-corrected chi connectivity index (χ3v) is 4.03. The maximum atomic E-state index is 12.9. The molecule has 0 saturated heterocycles. The smallest absolute Gasteiger partial charge is 0.259 e. The summed E-state index contributed by atoms with van der Waals surface area (Å²) >= 11 is 0. The molecular formula is C13H14N8O. The molecule has 3 aromatic heterocycles. The molecule has 0 saturated carbocycles. The SMILES string of the molecule is C[C@H]1c2cccn2CCN1C(=O)c1cn[nH]c1-n1cnnn1. The van der Waals surface area contributed by atoms with E-state index in [1.165, 1.54) is 17.2 Å². The van der Waals surface area contributed by atoms with Crippen molar-refractivity contribution in [2.45, 2.75) is 19.5 Å².